The minimum Gasteiger partial charge on any atom is -0.339 e. The lowest BCUT2D eigenvalue weighted by Crippen LogP contribution is -2.31. The molecule has 1 aromatic heterocycles. The van der Waals surface area contributed by atoms with Gasteiger partial charge in [-0.1, -0.05) is 23.2 Å². The Kier molecular flexibility index (Phi) is 5.90. The van der Waals surface area contributed by atoms with E-state index in [0.29, 0.717) is 33.2 Å². The Bertz CT molecular complexity index is 367. The predicted molar refractivity (Wildman–Crippen MR) is 71.3 cm³/mol. The highest BCUT2D eigenvalue weighted by Crippen LogP contribution is 2.31. The van der Waals surface area contributed by atoms with E-state index in [1.807, 2.05) is 6.92 Å². The SMILES string of the molecule is CCN(CCCCl)C(=O)c1cc(Cl)sc1Cl. The normalized spacial score (nSPS) is 10.5. The Labute approximate surface area is 114 Å². The molecule has 0 aliphatic rings. The number of hydrogen-bond acceptors (Lipinski definition) is 2. The smallest absolute Gasteiger partial charge is 0.256 e. The summed E-state index contributed by atoms with van der Waals surface area (Å²) in [5, 5.41) is 0. The molecule has 1 amide bonds. The third kappa shape index (κ3) is 3.52. The minimum absolute atomic E-state index is 0.0826. The summed E-state index contributed by atoms with van der Waals surface area (Å²) in [5.74, 6) is 0.461. The number of amides is 1. The number of alkyl halides is 1. The molecule has 0 aliphatic carbocycles. The van der Waals surface area contributed by atoms with E-state index in [4.69, 9.17) is 34.8 Å². The van der Waals surface area contributed by atoms with Gasteiger partial charge in [-0.15, -0.1) is 22.9 Å². The largest absolute Gasteiger partial charge is 0.339 e. The second-order valence-corrected chi connectivity index (χ2v) is 5.83. The van der Waals surface area contributed by atoms with E-state index in [2.05, 4.69) is 0 Å². The van der Waals surface area contributed by atoms with Gasteiger partial charge in [0.25, 0.3) is 5.91 Å². The van der Waals surface area contributed by atoms with Gasteiger partial charge >= 0.3 is 0 Å². The summed E-state index contributed by atoms with van der Waals surface area (Å²) in [6.45, 7) is 3.20. The molecule has 0 fully saturated rings. The van der Waals surface area contributed by atoms with Gasteiger partial charge in [-0.05, 0) is 19.4 Å². The molecule has 0 aliphatic heterocycles. The molecule has 2 nitrogen and oxygen atoms in total. The number of carbonyl (C=O) groups is 1. The lowest BCUT2D eigenvalue weighted by atomic mass is 10.3. The van der Waals surface area contributed by atoms with Crippen LogP contribution >= 0.6 is 46.1 Å². The Morgan fingerprint density at radius 2 is 2.19 bits per heavy atom. The van der Waals surface area contributed by atoms with E-state index in [-0.39, 0.29) is 5.91 Å². The van der Waals surface area contributed by atoms with Crippen LogP contribution in [0.5, 0.6) is 0 Å². The minimum atomic E-state index is -0.0826. The molecular formula is C10H12Cl3NOS. The zero-order valence-electron chi connectivity index (χ0n) is 8.80. The molecule has 0 bridgehead atoms. The Balaban J connectivity index is 2.78. The predicted octanol–water partition coefficient (Wildman–Crippen LogP) is 4.15. The molecule has 1 heterocycles. The Morgan fingerprint density at radius 1 is 1.50 bits per heavy atom. The van der Waals surface area contributed by atoms with Crippen molar-refractivity contribution in [2.75, 3.05) is 19.0 Å². The molecule has 90 valence electrons. The maximum absolute atomic E-state index is 12.1. The zero-order valence-corrected chi connectivity index (χ0v) is 11.9. The summed E-state index contributed by atoms with van der Waals surface area (Å²) < 4.78 is 0.973. The Hall–Kier alpha value is 0.0400. The first-order valence-electron chi connectivity index (χ1n) is 4.90. The molecule has 0 aromatic carbocycles. The number of rotatable bonds is 5. The number of carbonyl (C=O) groups excluding carboxylic acids is 1. The molecule has 0 N–H and O–H groups in total. The van der Waals surface area contributed by atoms with E-state index in [1.54, 1.807) is 11.0 Å². The summed E-state index contributed by atoms with van der Waals surface area (Å²) in [6.07, 6.45) is 0.774. The van der Waals surface area contributed by atoms with Crippen molar-refractivity contribution in [3.05, 3.63) is 20.3 Å². The average molecular weight is 301 g/mol. The van der Waals surface area contributed by atoms with E-state index in [9.17, 15) is 4.79 Å². The molecule has 0 unspecified atom stereocenters. The molecule has 6 heteroatoms. The van der Waals surface area contributed by atoms with Crippen LogP contribution in [0.3, 0.4) is 0 Å². The van der Waals surface area contributed by atoms with Crippen LogP contribution < -0.4 is 0 Å². The summed E-state index contributed by atoms with van der Waals surface area (Å²) >= 11 is 18.6. The van der Waals surface area contributed by atoms with Crippen LogP contribution in [0.4, 0.5) is 0 Å². The van der Waals surface area contributed by atoms with Crippen LogP contribution in [0.1, 0.15) is 23.7 Å². The van der Waals surface area contributed by atoms with Crippen molar-refractivity contribution in [1.29, 1.82) is 0 Å². The zero-order chi connectivity index (χ0) is 12.1. The molecule has 16 heavy (non-hydrogen) atoms. The summed E-state index contributed by atoms with van der Waals surface area (Å²) in [7, 11) is 0. The standard InChI is InChI=1S/C10H12Cl3NOS/c1-2-14(5-3-4-11)10(15)7-6-8(12)16-9(7)13/h6H,2-5H2,1H3. The maximum atomic E-state index is 12.1. The van der Waals surface area contributed by atoms with Gasteiger partial charge in [0, 0.05) is 19.0 Å². The van der Waals surface area contributed by atoms with Gasteiger partial charge in [0.2, 0.25) is 0 Å². The fourth-order valence-corrected chi connectivity index (χ4v) is 2.88. The van der Waals surface area contributed by atoms with E-state index >= 15 is 0 Å². The first kappa shape index (κ1) is 14.1. The highest BCUT2D eigenvalue weighted by atomic mass is 35.5. The maximum Gasteiger partial charge on any atom is 0.256 e. The summed E-state index contributed by atoms with van der Waals surface area (Å²) in [6, 6.07) is 1.61. The molecule has 0 saturated heterocycles. The van der Waals surface area contributed by atoms with Gasteiger partial charge in [-0.3, -0.25) is 4.79 Å². The molecule has 1 aromatic rings. The number of hydrogen-bond donors (Lipinski definition) is 0. The van der Waals surface area contributed by atoms with Crippen molar-refractivity contribution in [2.24, 2.45) is 0 Å². The fraction of sp³-hybridized carbons (Fsp3) is 0.500. The summed E-state index contributed by atoms with van der Waals surface area (Å²) in [5.41, 5.74) is 0.480. The van der Waals surface area contributed by atoms with Gasteiger partial charge in [-0.25, -0.2) is 0 Å². The van der Waals surface area contributed by atoms with E-state index in [0.717, 1.165) is 6.42 Å². The molecule has 1 rings (SSSR count). The van der Waals surface area contributed by atoms with Crippen molar-refractivity contribution in [3.63, 3.8) is 0 Å². The molecular weight excluding hydrogens is 289 g/mol. The van der Waals surface area contributed by atoms with Crippen molar-refractivity contribution >= 4 is 52.0 Å². The van der Waals surface area contributed by atoms with Gasteiger partial charge < -0.3 is 4.90 Å². The van der Waals surface area contributed by atoms with Crippen molar-refractivity contribution in [1.82, 2.24) is 4.90 Å². The molecule has 0 saturated carbocycles. The molecule has 0 atom stereocenters. The van der Waals surface area contributed by atoms with Crippen molar-refractivity contribution in [3.8, 4) is 0 Å². The lowest BCUT2D eigenvalue weighted by molar-refractivity contribution is 0.0765. The second-order valence-electron chi connectivity index (χ2n) is 3.17. The third-order valence-electron chi connectivity index (χ3n) is 2.12. The highest BCUT2D eigenvalue weighted by molar-refractivity contribution is 7.20. The fourth-order valence-electron chi connectivity index (χ4n) is 1.31. The van der Waals surface area contributed by atoms with Crippen LogP contribution in [-0.4, -0.2) is 29.8 Å². The topological polar surface area (TPSA) is 20.3 Å². The number of halogens is 3. The average Bonchev–Trinajstić information content (AvgIpc) is 2.58. The number of nitrogens with zero attached hydrogens (tertiary/aromatic N) is 1. The lowest BCUT2D eigenvalue weighted by Gasteiger charge is -2.19. The van der Waals surface area contributed by atoms with Crippen LogP contribution in [0.2, 0.25) is 8.67 Å². The van der Waals surface area contributed by atoms with Crippen molar-refractivity contribution in [2.45, 2.75) is 13.3 Å². The van der Waals surface area contributed by atoms with Crippen LogP contribution in [0, 0.1) is 0 Å². The van der Waals surface area contributed by atoms with Crippen LogP contribution in [0.15, 0.2) is 6.07 Å². The van der Waals surface area contributed by atoms with Gasteiger partial charge in [0.15, 0.2) is 0 Å². The van der Waals surface area contributed by atoms with Gasteiger partial charge in [0.05, 0.1) is 9.90 Å². The van der Waals surface area contributed by atoms with Crippen molar-refractivity contribution < 1.29 is 4.79 Å². The van der Waals surface area contributed by atoms with E-state index in [1.165, 1.54) is 11.3 Å². The van der Waals surface area contributed by atoms with Gasteiger partial charge in [-0.2, -0.15) is 0 Å². The first-order valence-corrected chi connectivity index (χ1v) is 7.01. The second kappa shape index (κ2) is 6.70. The van der Waals surface area contributed by atoms with Crippen LogP contribution in [-0.2, 0) is 0 Å². The van der Waals surface area contributed by atoms with Gasteiger partial charge in [0.1, 0.15) is 4.34 Å². The molecule has 0 spiro atoms. The monoisotopic (exact) mass is 299 g/mol. The third-order valence-corrected chi connectivity index (χ3v) is 3.87. The Morgan fingerprint density at radius 3 is 2.62 bits per heavy atom. The highest BCUT2D eigenvalue weighted by Gasteiger charge is 2.19. The molecule has 0 radical (unpaired) electrons. The van der Waals surface area contributed by atoms with E-state index < -0.39 is 0 Å². The quantitative estimate of drug-likeness (QED) is 0.748. The van der Waals surface area contributed by atoms with Crippen LogP contribution in [0.25, 0.3) is 0 Å². The first-order chi connectivity index (χ1) is 7.60. The number of thiophene rings is 1. The summed E-state index contributed by atoms with van der Waals surface area (Å²) in [4.78, 5) is 13.8.